The summed E-state index contributed by atoms with van der Waals surface area (Å²) in [4.78, 5) is 12.5. The highest BCUT2D eigenvalue weighted by Crippen LogP contribution is 2.29. The molecule has 0 fully saturated rings. The monoisotopic (exact) mass is 318 g/mol. The third-order valence-corrected chi connectivity index (χ3v) is 4.64. The molecule has 1 unspecified atom stereocenters. The van der Waals surface area contributed by atoms with Gasteiger partial charge in [0.2, 0.25) is 5.91 Å². The molecule has 0 aliphatic heterocycles. The van der Waals surface area contributed by atoms with Crippen LogP contribution in [0.5, 0.6) is 0 Å². The molecule has 2 aromatic rings. The summed E-state index contributed by atoms with van der Waals surface area (Å²) in [5.74, 6) is 0.334. The number of carbonyl (C=O) groups excluding carboxylic acids is 1. The van der Waals surface area contributed by atoms with E-state index in [0.29, 0.717) is 5.92 Å². The number of aryl methyl sites for hydroxylation is 2. The van der Waals surface area contributed by atoms with Gasteiger partial charge in [-0.25, -0.2) is 0 Å². The number of benzene rings is 1. The van der Waals surface area contributed by atoms with Crippen molar-refractivity contribution in [3.63, 3.8) is 0 Å². The molecule has 0 radical (unpaired) electrons. The first kappa shape index (κ1) is 16.5. The van der Waals surface area contributed by atoms with E-state index in [1.807, 2.05) is 37.6 Å². The van der Waals surface area contributed by atoms with Crippen molar-refractivity contribution in [2.45, 2.75) is 44.0 Å². The van der Waals surface area contributed by atoms with Crippen molar-refractivity contribution in [1.29, 1.82) is 0 Å². The van der Waals surface area contributed by atoms with Gasteiger partial charge < -0.3 is 9.88 Å². The largest absolute Gasteiger partial charge is 0.325 e. The summed E-state index contributed by atoms with van der Waals surface area (Å²) in [6, 6.07) is 6.10. The van der Waals surface area contributed by atoms with Crippen molar-refractivity contribution < 1.29 is 4.79 Å². The molecule has 6 heteroatoms. The zero-order valence-electron chi connectivity index (χ0n) is 13.6. The van der Waals surface area contributed by atoms with Crippen LogP contribution in [-0.4, -0.2) is 25.9 Å². The van der Waals surface area contributed by atoms with Gasteiger partial charge in [-0.3, -0.25) is 4.79 Å². The summed E-state index contributed by atoms with van der Waals surface area (Å²) in [5, 5.41) is 11.4. The molecular formula is C16H22N4OS. The fourth-order valence-electron chi connectivity index (χ4n) is 2.16. The molecule has 1 aromatic carbocycles. The van der Waals surface area contributed by atoms with Gasteiger partial charge >= 0.3 is 0 Å². The molecule has 1 heterocycles. The normalized spacial score (nSPS) is 12.5. The number of amides is 1. The Labute approximate surface area is 135 Å². The Morgan fingerprint density at radius 3 is 2.64 bits per heavy atom. The minimum atomic E-state index is -0.248. The quantitative estimate of drug-likeness (QED) is 0.859. The summed E-state index contributed by atoms with van der Waals surface area (Å²) in [7, 11) is 1.87. The molecule has 0 aliphatic rings. The van der Waals surface area contributed by atoms with Gasteiger partial charge in [0.05, 0.1) is 5.25 Å². The van der Waals surface area contributed by atoms with E-state index in [2.05, 4.69) is 35.4 Å². The number of nitrogens with one attached hydrogen (secondary N) is 1. The third-order valence-electron chi connectivity index (χ3n) is 3.50. The van der Waals surface area contributed by atoms with Crippen molar-refractivity contribution in [1.82, 2.24) is 14.8 Å². The highest BCUT2D eigenvalue weighted by atomic mass is 32.2. The Morgan fingerprint density at radius 1 is 1.32 bits per heavy atom. The summed E-state index contributed by atoms with van der Waals surface area (Å²) in [6.45, 7) is 8.15. The second kappa shape index (κ2) is 6.96. The standard InChI is InChI=1S/C16H22N4OS/c1-10(2)13-8-6-7-11(3)14(13)18-15(21)12(4)22-16-19-17-9-20(16)5/h6-10,12H,1-5H3,(H,18,21). The molecule has 118 valence electrons. The first-order valence-corrected chi connectivity index (χ1v) is 8.19. The van der Waals surface area contributed by atoms with Crippen LogP contribution in [0.3, 0.4) is 0 Å². The minimum Gasteiger partial charge on any atom is -0.325 e. The maximum Gasteiger partial charge on any atom is 0.237 e. The lowest BCUT2D eigenvalue weighted by molar-refractivity contribution is -0.115. The number of anilines is 1. The molecule has 1 atom stereocenters. The molecule has 1 N–H and O–H groups in total. The average molecular weight is 318 g/mol. The topological polar surface area (TPSA) is 59.8 Å². The zero-order valence-corrected chi connectivity index (χ0v) is 14.4. The van der Waals surface area contributed by atoms with Crippen LogP contribution in [0.1, 0.15) is 37.8 Å². The van der Waals surface area contributed by atoms with Gasteiger partial charge in [-0.15, -0.1) is 10.2 Å². The van der Waals surface area contributed by atoms with E-state index < -0.39 is 0 Å². The molecule has 22 heavy (non-hydrogen) atoms. The van der Waals surface area contributed by atoms with Gasteiger partial charge in [0, 0.05) is 12.7 Å². The average Bonchev–Trinajstić information content (AvgIpc) is 2.86. The van der Waals surface area contributed by atoms with Crippen molar-refractivity contribution in [2.24, 2.45) is 7.05 Å². The summed E-state index contributed by atoms with van der Waals surface area (Å²) < 4.78 is 1.81. The van der Waals surface area contributed by atoms with Crippen LogP contribution in [0, 0.1) is 6.92 Å². The van der Waals surface area contributed by atoms with Gasteiger partial charge in [-0.2, -0.15) is 0 Å². The first-order valence-electron chi connectivity index (χ1n) is 7.31. The van der Waals surface area contributed by atoms with Crippen LogP contribution >= 0.6 is 11.8 Å². The van der Waals surface area contributed by atoms with Crippen LogP contribution in [0.15, 0.2) is 29.7 Å². The van der Waals surface area contributed by atoms with Crippen molar-refractivity contribution in [2.75, 3.05) is 5.32 Å². The lowest BCUT2D eigenvalue weighted by atomic mass is 9.98. The number of aromatic nitrogens is 3. The molecule has 0 spiro atoms. The van der Waals surface area contributed by atoms with E-state index in [1.54, 1.807) is 6.33 Å². The van der Waals surface area contributed by atoms with E-state index in [0.717, 1.165) is 22.0 Å². The molecule has 5 nitrogen and oxygen atoms in total. The predicted octanol–water partition coefficient (Wildman–Crippen LogP) is 3.37. The highest BCUT2D eigenvalue weighted by molar-refractivity contribution is 8.00. The van der Waals surface area contributed by atoms with Gasteiger partial charge in [-0.05, 0) is 30.9 Å². The Hall–Kier alpha value is -1.82. The second-order valence-electron chi connectivity index (χ2n) is 5.67. The molecule has 0 saturated heterocycles. The SMILES string of the molecule is Cc1cccc(C(C)C)c1NC(=O)C(C)Sc1nncn1C. The molecule has 0 saturated carbocycles. The third kappa shape index (κ3) is 3.68. The first-order chi connectivity index (χ1) is 10.4. The maximum atomic E-state index is 12.5. The molecule has 1 aromatic heterocycles. The van der Waals surface area contributed by atoms with Gasteiger partial charge in [0.15, 0.2) is 5.16 Å². The van der Waals surface area contributed by atoms with Crippen LogP contribution in [-0.2, 0) is 11.8 Å². The summed E-state index contributed by atoms with van der Waals surface area (Å²) in [6.07, 6.45) is 1.63. The Kier molecular flexibility index (Phi) is 5.24. The fourth-order valence-corrected chi connectivity index (χ4v) is 2.95. The highest BCUT2D eigenvalue weighted by Gasteiger charge is 2.19. The van der Waals surface area contributed by atoms with Crippen LogP contribution < -0.4 is 5.32 Å². The predicted molar refractivity (Wildman–Crippen MR) is 90.2 cm³/mol. The molecule has 0 bridgehead atoms. The smallest absolute Gasteiger partial charge is 0.237 e. The molecule has 1 amide bonds. The lowest BCUT2D eigenvalue weighted by Crippen LogP contribution is -2.24. The fraction of sp³-hybridized carbons (Fsp3) is 0.438. The number of para-hydroxylation sites is 1. The minimum absolute atomic E-state index is 0.0239. The van der Waals surface area contributed by atoms with Gasteiger partial charge in [-0.1, -0.05) is 43.8 Å². The second-order valence-corrected chi connectivity index (χ2v) is 6.98. The molecule has 2 rings (SSSR count). The number of carbonyl (C=O) groups is 1. The van der Waals surface area contributed by atoms with Crippen LogP contribution in [0.2, 0.25) is 0 Å². The number of thioether (sulfide) groups is 1. The summed E-state index contributed by atoms with van der Waals surface area (Å²) >= 11 is 1.40. The van der Waals surface area contributed by atoms with Crippen LogP contribution in [0.4, 0.5) is 5.69 Å². The van der Waals surface area contributed by atoms with E-state index in [1.165, 1.54) is 11.8 Å². The summed E-state index contributed by atoms with van der Waals surface area (Å²) in [5.41, 5.74) is 3.16. The number of nitrogens with zero attached hydrogens (tertiary/aromatic N) is 3. The van der Waals surface area contributed by atoms with E-state index >= 15 is 0 Å². The van der Waals surface area contributed by atoms with Crippen molar-refractivity contribution >= 4 is 23.4 Å². The van der Waals surface area contributed by atoms with Crippen LogP contribution in [0.25, 0.3) is 0 Å². The Balaban J connectivity index is 2.13. The number of rotatable bonds is 5. The van der Waals surface area contributed by atoms with Gasteiger partial charge in [0.1, 0.15) is 6.33 Å². The number of hydrogen-bond donors (Lipinski definition) is 1. The maximum absolute atomic E-state index is 12.5. The van der Waals surface area contributed by atoms with Crippen molar-refractivity contribution in [3.8, 4) is 0 Å². The van der Waals surface area contributed by atoms with E-state index in [4.69, 9.17) is 0 Å². The zero-order chi connectivity index (χ0) is 16.3. The lowest BCUT2D eigenvalue weighted by Gasteiger charge is -2.18. The van der Waals surface area contributed by atoms with Gasteiger partial charge in [0.25, 0.3) is 0 Å². The molecule has 0 aliphatic carbocycles. The number of hydrogen-bond acceptors (Lipinski definition) is 4. The Morgan fingerprint density at radius 2 is 2.05 bits per heavy atom. The van der Waals surface area contributed by atoms with E-state index in [9.17, 15) is 4.79 Å². The van der Waals surface area contributed by atoms with Crippen molar-refractivity contribution in [3.05, 3.63) is 35.7 Å². The molecular weight excluding hydrogens is 296 g/mol. The van der Waals surface area contributed by atoms with E-state index in [-0.39, 0.29) is 11.2 Å². The Bertz CT molecular complexity index is 666.